The molecule has 1 aliphatic carbocycles. The predicted octanol–water partition coefficient (Wildman–Crippen LogP) is 4.40. The Bertz CT molecular complexity index is 563. The van der Waals surface area contributed by atoms with Crippen LogP contribution < -0.4 is 0 Å². The number of allylic oxidation sites excluding steroid dienone is 1. The summed E-state index contributed by atoms with van der Waals surface area (Å²) < 4.78 is 9.96. The average Bonchev–Trinajstić information content (AvgIpc) is 2.63. The van der Waals surface area contributed by atoms with E-state index in [0.717, 1.165) is 25.7 Å². The quantitative estimate of drug-likeness (QED) is 0.318. The van der Waals surface area contributed by atoms with Gasteiger partial charge in [-0.2, -0.15) is 0 Å². The molecule has 0 N–H and O–H groups in total. The van der Waals surface area contributed by atoms with Crippen molar-refractivity contribution in [1.82, 2.24) is 0 Å². The summed E-state index contributed by atoms with van der Waals surface area (Å²) in [6.45, 7) is 3.95. The molecule has 0 heterocycles. The van der Waals surface area contributed by atoms with E-state index < -0.39 is 11.9 Å². The molecule has 0 unspecified atom stereocenters. The molecule has 1 aromatic carbocycles. The fraction of sp³-hybridized carbons (Fsp3) is 0.524. The van der Waals surface area contributed by atoms with Crippen LogP contribution in [-0.4, -0.2) is 25.2 Å². The van der Waals surface area contributed by atoms with Crippen molar-refractivity contribution < 1.29 is 19.1 Å². The number of hydrogen-bond donors (Lipinski definition) is 0. The minimum Gasteiger partial charge on any atom is -0.462 e. The summed E-state index contributed by atoms with van der Waals surface area (Å²) in [6, 6.07) is 10.6. The van der Waals surface area contributed by atoms with Crippen molar-refractivity contribution >= 4 is 11.9 Å². The summed E-state index contributed by atoms with van der Waals surface area (Å²) in [6.07, 6.45) is 6.94. The standard InChI is InChI=1S/C21H28O4/c1-3-24-20(22)19(21(23)25-4-2)15-12-16-10-13-18(14-11-16)17-8-6-5-7-9-17/h5-9,15-16,18H,3-4,10-14H2,1-2H3. The first kappa shape index (κ1) is 19.2. The summed E-state index contributed by atoms with van der Waals surface area (Å²) in [4.78, 5) is 24.0. The Morgan fingerprint density at radius 2 is 1.52 bits per heavy atom. The van der Waals surface area contributed by atoms with Crippen molar-refractivity contribution in [2.24, 2.45) is 5.92 Å². The van der Waals surface area contributed by atoms with Crippen LogP contribution in [0.2, 0.25) is 0 Å². The van der Waals surface area contributed by atoms with Gasteiger partial charge in [-0.25, -0.2) is 9.59 Å². The van der Waals surface area contributed by atoms with E-state index in [1.807, 2.05) is 6.07 Å². The van der Waals surface area contributed by atoms with Crippen molar-refractivity contribution in [2.75, 3.05) is 13.2 Å². The third-order valence-electron chi connectivity index (χ3n) is 4.76. The van der Waals surface area contributed by atoms with Crippen LogP contribution in [0.25, 0.3) is 0 Å². The van der Waals surface area contributed by atoms with Crippen LogP contribution in [0.3, 0.4) is 0 Å². The number of hydrogen-bond acceptors (Lipinski definition) is 4. The monoisotopic (exact) mass is 344 g/mol. The van der Waals surface area contributed by atoms with Gasteiger partial charge in [-0.05, 0) is 63.4 Å². The number of carbonyl (C=O) groups is 2. The first-order chi connectivity index (χ1) is 12.2. The fourth-order valence-electron chi connectivity index (χ4n) is 3.41. The molecule has 4 heteroatoms. The third-order valence-corrected chi connectivity index (χ3v) is 4.76. The maximum absolute atomic E-state index is 12.0. The highest BCUT2D eigenvalue weighted by atomic mass is 16.6. The zero-order chi connectivity index (χ0) is 18.1. The number of esters is 2. The van der Waals surface area contributed by atoms with E-state index in [1.54, 1.807) is 19.9 Å². The Morgan fingerprint density at radius 1 is 0.960 bits per heavy atom. The van der Waals surface area contributed by atoms with Crippen molar-refractivity contribution in [3.8, 4) is 0 Å². The second-order valence-corrected chi connectivity index (χ2v) is 6.42. The molecule has 0 amide bonds. The molecule has 4 nitrogen and oxygen atoms in total. The summed E-state index contributed by atoms with van der Waals surface area (Å²) in [5.74, 6) is -0.0485. The minimum atomic E-state index is -0.584. The summed E-state index contributed by atoms with van der Waals surface area (Å²) in [5.41, 5.74) is 1.45. The summed E-state index contributed by atoms with van der Waals surface area (Å²) in [5, 5.41) is 0. The highest BCUT2D eigenvalue weighted by molar-refractivity contribution is 6.14. The Hall–Kier alpha value is -2.10. The molecular formula is C21H28O4. The van der Waals surface area contributed by atoms with Gasteiger partial charge in [0, 0.05) is 0 Å². The number of ether oxygens (including phenoxy) is 2. The molecular weight excluding hydrogens is 316 g/mol. The predicted molar refractivity (Wildman–Crippen MR) is 97.1 cm³/mol. The zero-order valence-electron chi connectivity index (χ0n) is 15.2. The van der Waals surface area contributed by atoms with Crippen LogP contribution in [-0.2, 0) is 19.1 Å². The molecule has 0 aliphatic heterocycles. The fourth-order valence-corrected chi connectivity index (χ4v) is 3.41. The summed E-state index contributed by atoms with van der Waals surface area (Å²) >= 11 is 0. The van der Waals surface area contributed by atoms with E-state index in [1.165, 1.54) is 5.56 Å². The molecule has 0 radical (unpaired) electrons. The lowest BCUT2D eigenvalue weighted by molar-refractivity contribution is -0.146. The largest absolute Gasteiger partial charge is 0.462 e. The second kappa shape index (κ2) is 10.0. The van der Waals surface area contributed by atoms with Crippen molar-refractivity contribution in [1.29, 1.82) is 0 Å². The van der Waals surface area contributed by atoms with Gasteiger partial charge in [0.05, 0.1) is 13.2 Å². The van der Waals surface area contributed by atoms with Gasteiger partial charge in [0.2, 0.25) is 0 Å². The van der Waals surface area contributed by atoms with E-state index in [9.17, 15) is 9.59 Å². The van der Waals surface area contributed by atoms with Crippen molar-refractivity contribution in [2.45, 2.75) is 51.9 Å². The lowest BCUT2D eigenvalue weighted by Gasteiger charge is -2.28. The van der Waals surface area contributed by atoms with Crippen LogP contribution in [0.5, 0.6) is 0 Å². The lowest BCUT2D eigenvalue weighted by Crippen LogP contribution is -2.19. The van der Waals surface area contributed by atoms with Crippen LogP contribution in [0.15, 0.2) is 42.0 Å². The van der Waals surface area contributed by atoms with Crippen molar-refractivity contribution in [3.63, 3.8) is 0 Å². The van der Waals surface area contributed by atoms with E-state index in [-0.39, 0.29) is 18.8 Å². The van der Waals surface area contributed by atoms with Gasteiger partial charge in [-0.1, -0.05) is 36.4 Å². The molecule has 1 fully saturated rings. The Balaban J connectivity index is 1.92. The normalized spacial score (nSPS) is 19.8. The van der Waals surface area contributed by atoms with Crippen LogP contribution in [0.1, 0.15) is 57.4 Å². The SMILES string of the molecule is CCOC(=O)C(=CCC1CCC(c2ccccc2)CC1)C(=O)OCC. The topological polar surface area (TPSA) is 52.6 Å². The molecule has 0 spiro atoms. The Morgan fingerprint density at radius 3 is 2.04 bits per heavy atom. The zero-order valence-corrected chi connectivity index (χ0v) is 15.2. The Labute approximate surface area is 150 Å². The molecule has 1 saturated carbocycles. The van der Waals surface area contributed by atoms with Crippen LogP contribution in [0, 0.1) is 5.92 Å². The first-order valence-electron chi connectivity index (χ1n) is 9.25. The maximum atomic E-state index is 12.0. The van der Waals surface area contributed by atoms with E-state index in [2.05, 4.69) is 24.3 Å². The molecule has 0 aromatic heterocycles. The number of rotatable bonds is 7. The van der Waals surface area contributed by atoms with Gasteiger partial charge in [0.1, 0.15) is 5.57 Å². The Kier molecular flexibility index (Phi) is 7.71. The van der Waals surface area contributed by atoms with Crippen LogP contribution in [0.4, 0.5) is 0 Å². The molecule has 0 saturated heterocycles. The number of carbonyl (C=O) groups excluding carboxylic acids is 2. The van der Waals surface area contributed by atoms with E-state index in [0.29, 0.717) is 18.3 Å². The van der Waals surface area contributed by atoms with Gasteiger partial charge in [0.15, 0.2) is 0 Å². The minimum absolute atomic E-state index is 0.0360. The first-order valence-corrected chi connectivity index (χ1v) is 9.25. The summed E-state index contributed by atoms with van der Waals surface area (Å²) in [7, 11) is 0. The molecule has 2 rings (SSSR count). The van der Waals surface area contributed by atoms with Crippen molar-refractivity contribution in [3.05, 3.63) is 47.5 Å². The second-order valence-electron chi connectivity index (χ2n) is 6.42. The van der Waals surface area contributed by atoms with E-state index in [4.69, 9.17) is 9.47 Å². The molecule has 136 valence electrons. The van der Waals surface area contributed by atoms with Gasteiger partial charge in [0.25, 0.3) is 0 Å². The third kappa shape index (κ3) is 5.73. The smallest absolute Gasteiger partial charge is 0.345 e. The maximum Gasteiger partial charge on any atom is 0.345 e. The molecule has 25 heavy (non-hydrogen) atoms. The van der Waals surface area contributed by atoms with Gasteiger partial charge < -0.3 is 9.47 Å². The molecule has 1 aromatic rings. The highest BCUT2D eigenvalue weighted by Gasteiger charge is 2.24. The average molecular weight is 344 g/mol. The van der Waals surface area contributed by atoms with Gasteiger partial charge >= 0.3 is 11.9 Å². The lowest BCUT2D eigenvalue weighted by atomic mass is 9.77. The highest BCUT2D eigenvalue weighted by Crippen LogP contribution is 2.37. The van der Waals surface area contributed by atoms with Gasteiger partial charge in [-0.3, -0.25) is 0 Å². The molecule has 1 aliphatic rings. The van der Waals surface area contributed by atoms with Crippen LogP contribution >= 0.6 is 0 Å². The number of benzene rings is 1. The molecule has 0 atom stereocenters. The van der Waals surface area contributed by atoms with E-state index >= 15 is 0 Å². The molecule has 0 bridgehead atoms. The van der Waals surface area contributed by atoms with Gasteiger partial charge in [-0.15, -0.1) is 0 Å².